The Morgan fingerprint density at radius 1 is 1.39 bits per heavy atom. The van der Waals surface area contributed by atoms with Crippen LogP contribution in [-0.4, -0.2) is 31.4 Å². The first-order chi connectivity index (χ1) is 8.72. The maximum absolute atomic E-state index is 11.5. The molecule has 0 saturated heterocycles. The Balaban J connectivity index is 2.11. The summed E-state index contributed by atoms with van der Waals surface area (Å²) < 4.78 is 5.19. The van der Waals surface area contributed by atoms with Crippen molar-refractivity contribution in [3.63, 3.8) is 0 Å². The molecule has 1 aromatic rings. The first kappa shape index (κ1) is 15.3. The van der Waals surface area contributed by atoms with Crippen molar-refractivity contribution < 1.29 is 9.53 Å². The van der Waals surface area contributed by atoms with Gasteiger partial charge in [0.1, 0.15) is 0 Å². The van der Waals surface area contributed by atoms with Crippen LogP contribution < -0.4 is 5.32 Å². The summed E-state index contributed by atoms with van der Waals surface area (Å²) in [5.41, 5.74) is 0. The molecule has 0 heterocycles. The molecule has 0 saturated carbocycles. The van der Waals surface area contributed by atoms with Gasteiger partial charge in [0, 0.05) is 29.7 Å². The number of hydrogen-bond donors (Lipinski definition) is 1. The highest BCUT2D eigenvalue weighted by Gasteiger charge is 2.02. The molecule has 0 spiro atoms. The lowest BCUT2D eigenvalue weighted by molar-refractivity contribution is -0.118. The molecule has 1 amide bonds. The molecule has 1 N–H and O–H groups in total. The van der Waals surface area contributed by atoms with E-state index in [2.05, 4.69) is 5.32 Å². The summed E-state index contributed by atoms with van der Waals surface area (Å²) >= 11 is 7.29. The van der Waals surface area contributed by atoms with Crippen molar-refractivity contribution in [3.8, 4) is 0 Å². The minimum Gasteiger partial charge on any atom is -0.382 e. The first-order valence-electron chi connectivity index (χ1n) is 5.95. The molecule has 0 aliphatic rings. The van der Waals surface area contributed by atoms with Crippen molar-refractivity contribution in [1.29, 1.82) is 0 Å². The van der Waals surface area contributed by atoms with Crippen LogP contribution in [-0.2, 0) is 9.53 Å². The van der Waals surface area contributed by atoms with E-state index in [-0.39, 0.29) is 5.91 Å². The third-order valence-electron chi connectivity index (χ3n) is 2.18. The Morgan fingerprint density at radius 3 is 2.78 bits per heavy atom. The van der Waals surface area contributed by atoms with Gasteiger partial charge < -0.3 is 10.1 Å². The number of ether oxygens (including phenoxy) is 1. The second kappa shape index (κ2) is 9.25. The van der Waals surface area contributed by atoms with E-state index >= 15 is 0 Å². The molecular formula is C13H18ClNO2S. The predicted octanol–water partition coefficient (Wildman–Crippen LogP) is 2.97. The lowest BCUT2D eigenvalue weighted by atomic mass is 10.4. The molecule has 5 heteroatoms. The Hall–Kier alpha value is -0.710. The van der Waals surface area contributed by atoms with Crippen LogP contribution in [0, 0.1) is 0 Å². The van der Waals surface area contributed by atoms with E-state index in [4.69, 9.17) is 16.3 Å². The van der Waals surface area contributed by atoms with Crippen molar-refractivity contribution >= 4 is 29.3 Å². The number of halogens is 1. The van der Waals surface area contributed by atoms with E-state index in [1.807, 2.05) is 31.2 Å². The fraction of sp³-hybridized carbons (Fsp3) is 0.462. The largest absolute Gasteiger partial charge is 0.382 e. The average Bonchev–Trinajstić information content (AvgIpc) is 2.38. The summed E-state index contributed by atoms with van der Waals surface area (Å²) in [7, 11) is 0. The standard InChI is InChI=1S/C13H18ClNO2S/c1-2-17-9-3-8-15-13(16)10-18-12-6-4-11(14)5-7-12/h4-7H,2-3,8-10H2,1H3,(H,15,16). The van der Waals surface area contributed by atoms with Crippen molar-refractivity contribution in [1.82, 2.24) is 5.32 Å². The molecule has 0 atom stereocenters. The fourth-order valence-corrected chi connectivity index (χ4v) is 2.13. The fourth-order valence-electron chi connectivity index (χ4n) is 1.28. The van der Waals surface area contributed by atoms with Crippen LogP contribution in [0.15, 0.2) is 29.2 Å². The quantitative estimate of drug-likeness (QED) is 0.590. The van der Waals surface area contributed by atoms with E-state index in [0.717, 1.165) is 17.9 Å². The van der Waals surface area contributed by atoms with Gasteiger partial charge in [0.05, 0.1) is 5.75 Å². The van der Waals surface area contributed by atoms with Gasteiger partial charge in [-0.1, -0.05) is 11.6 Å². The van der Waals surface area contributed by atoms with Gasteiger partial charge in [-0.2, -0.15) is 0 Å². The zero-order chi connectivity index (χ0) is 13.2. The van der Waals surface area contributed by atoms with Crippen LogP contribution >= 0.6 is 23.4 Å². The van der Waals surface area contributed by atoms with E-state index in [0.29, 0.717) is 23.9 Å². The van der Waals surface area contributed by atoms with Crippen LogP contribution in [0.4, 0.5) is 0 Å². The zero-order valence-corrected chi connectivity index (χ0v) is 12.0. The molecule has 0 bridgehead atoms. The van der Waals surface area contributed by atoms with Crippen LogP contribution in [0.25, 0.3) is 0 Å². The van der Waals surface area contributed by atoms with Gasteiger partial charge in [-0.05, 0) is 37.6 Å². The van der Waals surface area contributed by atoms with Crippen LogP contribution in [0.5, 0.6) is 0 Å². The van der Waals surface area contributed by atoms with Crippen molar-refractivity contribution in [3.05, 3.63) is 29.3 Å². The molecule has 100 valence electrons. The summed E-state index contributed by atoms with van der Waals surface area (Å²) in [5, 5.41) is 3.57. The van der Waals surface area contributed by atoms with Crippen molar-refractivity contribution in [2.75, 3.05) is 25.5 Å². The lowest BCUT2D eigenvalue weighted by Crippen LogP contribution is -2.26. The number of nitrogens with one attached hydrogen (secondary N) is 1. The van der Waals surface area contributed by atoms with Crippen LogP contribution in [0.2, 0.25) is 5.02 Å². The number of thioether (sulfide) groups is 1. The number of benzene rings is 1. The van der Waals surface area contributed by atoms with Gasteiger partial charge in [-0.15, -0.1) is 11.8 Å². The minimum absolute atomic E-state index is 0.0476. The monoisotopic (exact) mass is 287 g/mol. The van der Waals surface area contributed by atoms with Gasteiger partial charge >= 0.3 is 0 Å². The Labute approximate surface area is 117 Å². The Kier molecular flexibility index (Phi) is 7.89. The third kappa shape index (κ3) is 6.89. The van der Waals surface area contributed by atoms with E-state index in [1.165, 1.54) is 11.8 Å². The SMILES string of the molecule is CCOCCCNC(=O)CSc1ccc(Cl)cc1. The molecule has 0 radical (unpaired) electrons. The summed E-state index contributed by atoms with van der Waals surface area (Å²) in [6.45, 7) is 4.04. The summed E-state index contributed by atoms with van der Waals surface area (Å²) in [6.07, 6.45) is 0.852. The molecule has 1 aromatic carbocycles. The van der Waals surface area contributed by atoms with E-state index in [1.54, 1.807) is 0 Å². The van der Waals surface area contributed by atoms with Gasteiger partial charge in [0.15, 0.2) is 0 Å². The highest BCUT2D eigenvalue weighted by molar-refractivity contribution is 8.00. The number of carbonyl (C=O) groups is 1. The second-order valence-corrected chi connectivity index (χ2v) is 5.13. The van der Waals surface area contributed by atoms with Crippen LogP contribution in [0.3, 0.4) is 0 Å². The van der Waals surface area contributed by atoms with Gasteiger partial charge in [0.25, 0.3) is 0 Å². The predicted molar refractivity (Wildman–Crippen MR) is 76.3 cm³/mol. The first-order valence-corrected chi connectivity index (χ1v) is 7.31. The Bertz CT molecular complexity index is 357. The van der Waals surface area contributed by atoms with Gasteiger partial charge in [-0.25, -0.2) is 0 Å². The molecule has 0 aromatic heterocycles. The molecule has 18 heavy (non-hydrogen) atoms. The lowest BCUT2D eigenvalue weighted by Gasteiger charge is -2.05. The maximum atomic E-state index is 11.5. The van der Waals surface area contributed by atoms with Gasteiger partial charge in [0.2, 0.25) is 5.91 Å². The zero-order valence-electron chi connectivity index (χ0n) is 10.4. The number of rotatable bonds is 8. The molecule has 1 rings (SSSR count). The molecule has 3 nitrogen and oxygen atoms in total. The van der Waals surface area contributed by atoms with Crippen molar-refractivity contribution in [2.24, 2.45) is 0 Å². The Morgan fingerprint density at radius 2 is 2.11 bits per heavy atom. The smallest absolute Gasteiger partial charge is 0.230 e. The summed E-state index contributed by atoms with van der Waals surface area (Å²) in [4.78, 5) is 12.6. The average molecular weight is 288 g/mol. The van der Waals surface area contributed by atoms with E-state index < -0.39 is 0 Å². The molecule has 0 fully saturated rings. The highest BCUT2D eigenvalue weighted by atomic mass is 35.5. The number of hydrogen-bond acceptors (Lipinski definition) is 3. The second-order valence-electron chi connectivity index (χ2n) is 3.64. The van der Waals surface area contributed by atoms with Crippen molar-refractivity contribution in [2.45, 2.75) is 18.2 Å². The topological polar surface area (TPSA) is 38.3 Å². The normalized spacial score (nSPS) is 10.3. The molecular weight excluding hydrogens is 270 g/mol. The van der Waals surface area contributed by atoms with E-state index in [9.17, 15) is 4.79 Å². The number of carbonyl (C=O) groups excluding carboxylic acids is 1. The maximum Gasteiger partial charge on any atom is 0.230 e. The molecule has 0 unspecified atom stereocenters. The van der Waals surface area contributed by atoms with Crippen LogP contribution in [0.1, 0.15) is 13.3 Å². The van der Waals surface area contributed by atoms with Gasteiger partial charge in [-0.3, -0.25) is 4.79 Å². The molecule has 0 aliphatic carbocycles. The summed E-state index contributed by atoms with van der Waals surface area (Å²) in [5.74, 6) is 0.474. The summed E-state index contributed by atoms with van der Waals surface area (Å²) in [6, 6.07) is 7.47. The number of amides is 1. The highest BCUT2D eigenvalue weighted by Crippen LogP contribution is 2.19. The third-order valence-corrected chi connectivity index (χ3v) is 3.44. The molecule has 0 aliphatic heterocycles. The minimum atomic E-state index is 0.0476.